The van der Waals surface area contributed by atoms with Crippen molar-refractivity contribution in [1.82, 2.24) is 15.0 Å². The fraction of sp³-hybridized carbons (Fsp3) is 0.100. The lowest BCUT2D eigenvalue weighted by atomic mass is 10.3. The molecule has 0 amide bonds. The Morgan fingerprint density at radius 2 is 2.00 bits per heavy atom. The standard InChI is InChI=1S/C10H7Cl2N3O/c1-6-9(10(12)16)14-15(13-6)8-5-3-2-4-7(8)11/h2-5H,1H3. The number of carbonyl (C=O) groups excluding carboxylic acids is 1. The Morgan fingerprint density at radius 3 is 2.56 bits per heavy atom. The minimum absolute atomic E-state index is 0.140. The van der Waals surface area contributed by atoms with Crippen LogP contribution in [-0.4, -0.2) is 20.2 Å². The topological polar surface area (TPSA) is 47.8 Å². The van der Waals surface area contributed by atoms with E-state index in [1.165, 1.54) is 4.80 Å². The summed E-state index contributed by atoms with van der Waals surface area (Å²) in [6.07, 6.45) is 0. The lowest BCUT2D eigenvalue weighted by Crippen LogP contribution is -2.00. The van der Waals surface area contributed by atoms with Gasteiger partial charge in [0.2, 0.25) is 0 Å². The van der Waals surface area contributed by atoms with Crippen LogP contribution in [0.1, 0.15) is 16.2 Å². The summed E-state index contributed by atoms with van der Waals surface area (Å²) >= 11 is 11.3. The SMILES string of the molecule is Cc1nn(-c2ccccc2Cl)nc1C(=O)Cl. The zero-order valence-electron chi connectivity index (χ0n) is 8.32. The summed E-state index contributed by atoms with van der Waals surface area (Å²) in [6.45, 7) is 1.66. The summed E-state index contributed by atoms with van der Waals surface area (Å²) in [4.78, 5) is 12.3. The van der Waals surface area contributed by atoms with Gasteiger partial charge in [-0.1, -0.05) is 23.7 Å². The van der Waals surface area contributed by atoms with Gasteiger partial charge in [0.25, 0.3) is 5.24 Å². The van der Waals surface area contributed by atoms with E-state index < -0.39 is 5.24 Å². The first-order valence-corrected chi connectivity index (χ1v) is 5.24. The Bertz CT molecular complexity index is 551. The van der Waals surface area contributed by atoms with Gasteiger partial charge < -0.3 is 0 Å². The molecule has 82 valence electrons. The van der Waals surface area contributed by atoms with E-state index in [4.69, 9.17) is 23.2 Å². The van der Waals surface area contributed by atoms with Crippen LogP contribution >= 0.6 is 23.2 Å². The van der Waals surface area contributed by atoms with Crippen molar-refractivity contribution >= 4 is 28.4 Å². The minimum Gasteiger partial charge on any atom is -0.274 e. The lowest BCUT2D eigenvalue weighted by molar-refractivity contribution is 0.107. The van der Waals surface area contributed by atoms with Crippen LogP contribution in [0.2, 0.25) is 5.02 Å². The Balaban J connectivity index is 2.54. The number of nitrogens with zero attached hydrogens (tertiary/aromatic N) is 3. The first kappa shape index (κ1) is 11.1. The van der Waals surface area contributed by atoms with E-state index in [2.05, 4.69) is 10.2 Å². The normalized spacial score (nSPS) is 10.4. The van der Waals surface area contributed by atoms with Crippen molar-refractivity contribution in [3.63, 3.8) is 0 Å². The minimum atomic E-state index is -0.629. The van der Waals surface area contributed by atoms with Crippen molar-refractivity contribution in [1.29, 1.82) is 0 Å². The highest BCUT2D eigenvalue weighted by atomic mass is 35.5. The molecule has 1 heterocycles. The molecule has 0 atom stereocenters. The molecule has 2 aromatic rings. The van der Waals surface area contributed by atoms with Crippen LogP contribution < -0.4 is 0 Å². The summed E-state index contributed by atoms with van der Waals surface area (Å²) < 4.78 is 0. The van der Waals surface area contributed by atoms with Crippen LogP contribution in [0.4, 0.5) is 0 Å². The summed E-state index contributed by atoms with van der Waals surface area (Å²) in [5.74, 6) is 0. The zero-order valence-corrected chi connectivity index (χ0v) is 9.83. The van der Waals surface area contributed by atoms with E-state index in [1.54, 1.807) is 25.1 Å². The number of halogens is 2. The Hall–Kier alpha value is -1.39. The number of aryl methyl sites for hydroxylation is 1. The van der Waals surface area contributed by atoms with Gasteiger partial charge in [-0.2, -0.15) is 5.10 Å². The monoisotopic (exact) mass is 255 g/mol. The molecule has 0 radical (unpaired) electrons. The molecule has 0 N–H and O–H groups in total. The van der Waals surface area contributed by atoms with Gasteiger partial charge in [0.1, 0.15) is 5.69 Å². The maximum absolute atomic E-state index is 11.0. The molecule has 0 aliphatic rings. The van der Waals surface area contributed by atoms with Crippen molar-refractivity contribution in [3.05, 3.63) is 40.7 Å². The summed E-state index contributed by atoms with van der Waals surface area (Å²) in [6, 6.07) is 7.08. The van der Waals surface area contributed by atoms with Gasteiger partial charge in [0, 0.05) is 0 Å². The number of hydrogen-bond donors (Lipinski definition) is 0. The van der Waals surface area contributed by atoms with Crippen LogP contribution in [-0.2, 0) is 0 Å². The maximum atomic E-state index is 11.0. The summed E-state index contributed by atoms with van der Waals surface area (Å²) in [5, 5.41) is 7.94. The van der Waals surface area contributed by atoms with Crippen molar-refractivity contribution in [2.75, 3.05) is 0 Å². The van der Waals surface area contributed by atoms with E-state index in [-0.39, 0.29) is 5.69 Å². The van der Waals surface area contributed by atoms with E-state index in [0.29, 0.717) is 16.4 Å². The third-order valence-corrected chi connectivity index (χ3v) is 2.53. The molecular weight excluding hydrogens is 249 g/mol. The quantitative estimate of drug-likeness (QED) is 0.776. The van der Waals surface area contributed by atoms with Crippen molar-refractivity contribution in [2.24, 2.45) is 0 Å². The van der Waals surface area contributed by atoms with Crippen molar-refractivity contribution < 1.29 is 4.79 Å². The molecule has 0 unspecified atom stereocenters. The van der Waals surface area contributed by atoms with E-state index in [9.17, 15) is 4.79 Å². The molecule has 4 nitrogen and oxygen atoms in total. The Morgan fingerprint density at radius 1 is 1.31 bits per heavy atom. The fourth-order valence-electron chi connectivity index (χ4n) is 1.28. The van der Waals surface area contributed by atoms with Gasteiger partial charge in [-0.05, 0) is 30.7 Å². The number of carbonyl (C=O) groups is 1. The number of rotatable bonds is 2. The molecule has 6 heteroatoms. The van der Waals surface area contributed by atoms with Crippen LogP contribution in [0.15, 0.2) is 24.3 Å². The molecule has 0 aliphatic carbocycles. The molecule has 16 heavy (non-hydrogen) atoms. The summed E-state index contributed by atoms with van der Waals surface area (Å²) in [7, 11) is 0. The van der Waals surface area contributed by atoms with Crippen LogP contribution in [0, 0.1) is 6.92 Å². The second kappa shape index (κ2) is 4.23. The van der Waals surface area contributed by atoms with Gasteiger partial charge in [-0.15, -0.1) is 9.90 Å². The van der Waals surface area contributed by atoms with Crippen LogP contribution in [0.5, 0.6) is 0 Å². The largest absolute Gasteiger partial charge is 0.274 e. The smallest absolute Gasteiger partial charge is 0.274 e. The Kier molecular flexibility index (Phi) is 2.94. The van der Waals surface area contributed by atoms with Gasteiger partial charge in [-0.25, -0.2) is 0 Å². The molecule has 2 rings (SSSR count). The second-order valence-electron chi connectivity index (χ2n) is 3.15. The highest BCUT2D eigenvalue weighted by Crippen LogP contribution is 2.19. The molecule has 0 spiro atoms. The summed E-state index contributed by atoms with van der Waals surface area (Å²) in [5.41, 5.74) is 1.22. The molecule has 1 aromatic heterocycles. The predicted octanol–water partition coefficient (Wildman–Crippen LogP) is 2.61. The molecule has 0 saturated carbocycles. The average Bonchev–Trinajstić information content (AvgIpc) is 2.61. The molecular formula is C10H7Cl2N3O. The molecule has 1 aromatic carbocycles. The van der Waals surface area contributed by atoms with Gasteiger partial charge in [0.15, 0.2) is 5.69 Å². The molecule has 0 fully saturated rings. The highest BCUT2D eigenvalue weighted by molar-refractivity contribution is 6.67. The van der Waals surface area contributed by atoms with Gasteiger partial charge in [-0.3, -0.25) is 4.79 Å². The van der Waals surface area contributed by atoms with Crippen molar-refractivity contribution in [2.45, 2.75) is 6.92 Å². The third kappa shape index (κ3) is 1.94. The molecule has 0 bridgehead atoms. The third-order valence-electron chi connectivity index (χ3n) is 2.04. The van der Waals surface area contributed by atoms with Crippen molar-refractivity contribution in [3.8, 4) is 5.69 Å². The lowest BCUT2D eigenvalue weighted by Gasteiger charge is -2.00. The van der Waals surface area contributed by atoms with Gasteiger partial charge in [0.05, 0.1) is 10.7 Å². The van der Waals surface area contributed by atoms with Crippen LogP contribution in [0.3, 0.4) is 0 Å². The number of aromatic nitrogens is 3. The Labute approximate surface area is 102 Å². The predicted molar refractivity (Wildman–Crippen MR) is 61.3 cm³/mol. The van der Waals surface area contributed by atoms with E-state index in [1.807, 2.05) is 6.07 Å². The number of benzene rings is 1. The number of para-hydroxylation sites is 1. The maximum Gasteiger partial charge on any atom is 0.274 e. The van der Waals surface area contributed by atoms with Crippen LogP contribution in [0.25, 0.3) is 5.69 Å². The van der Waals surface area contributed by atoms with Gasteiger partial charge >= 0.3 is 0 Å². The average molecular weight is 256 g/mol. The molecule has 0 saturated heterocycles. The second-order valence-corrected chi connectivity index (χ2v) is 3.90. The first-order chi connectivity index (χ1) is 7.59. The van der Waals surface area contributed by atoms with E-state index >= 15 is 0 Å². The highest BCUT2D eigenvalue weighted by Gasteiger charge is 2.14. The zero-order chi connectivity index (χ0) is 11.7. The first-order valence-electron chi connectivity index (χ1n) is 4.48. The number of hydrogen-bond acceptors (Lipinski definition) is 3. The fourth-order valence-corrected chi connectivity index (χ4v) is 1.67. The van der Waals surface area contributed by atoms with E-state index in [0.717, 1.165) is 0 Å². The molecule has 0 aliphatic heterocycles.